The standard InChI is InChI=1S/C21H23NO2/c1-22(20-12-16-5-2-3-6-17(16)13-20)21(23)18-8-4-7-15(11-18)19-9-10-24-14-19/h2-8,11,19-20H,9-10,12-14H2,1H3/t19-/m0/s1. The first kappa shape index (κ1) is 15.4. The predicted molar refractivity (Wildman–Crippen MR) is 94.4 cm³/mol. The van der Waals surface area contributed by atoms with Gasteiger partial charge in [0, 0.05) is 31.2 Å². The minimum absolute atomic E-state index is 0.119. The van der Waals surface area contributed by atoms with Crippen LogP contribution >= 0.6 is 0 Å². The molecule has 1 aliphatic carbocycles. The summed E-state index contributed by atoms with van der Waals surface area (Å²) in [5.41, 5.74) is 4.76. The van der Waals surface area contributed by atoms with Crippen LogP contribution < -0.4 is 0 Å². The van der Waals surface area contributed by atoms with E-state index in [9.17, 15) is 4.79 Å². The van der Waals surface area contributed by atoms with Crippen LogP contribution in [0.5, 0.6) is 0 Å². The van der Waals surface area contributed by atoms with Gasteiger partial charge in [-0.25, -0.2) is 0 Å². The Morgan fingerprint density at radius 1 is 1.08 bits per heavy atom. The quantitative estimate of drug-likeness (QED) is 0.867. The highest BCUT2D eigenvalue weighted by Gasteiger charge is 2.28. The molecule has 1 amide bonds. The number of rotatable bonds is 3. The van der Waals surface area contributed by atoms with E-state index in [4.69, 9.17) is 4.74 Å². The van der Waals surface area contributed by atoms with E-state index in [0.29, 0.717) is 5.92 Å². The van der Waals surface area contributed by atoms with Crippen molar-refractivity contribution in [1.29, 1.82) is 0 Å². The van der Waals surface area contributed by atoms with Crippen molar-refractivity contribution in [2.24, 2.45) is 0 Å². The molecule has 0 radical (unpaired) electrons. The van der Waals surface area contributed by atoms with Crippen LogP contribution in [0.15, 0.2) is 48.5 Å². The highest BCUT2D eigenvalue weighted by atomic mass is 16.5. The molecular formula is C21H23NO2. The van der Waals surface area contributed by atoms with E-state index < -0.39 is 0 Å². The number of ether oxygens (including phenoxy) is 1. The van der Waals surface area contributed by atoms with Crippen molar-refractivity contribution in [1.82, 2.24) is 4.90 Å². The molecule has 1 heterocycles. The molecule has 0 N–H and O–H groups in total. The molecule has 0 bridgehead atoms. The van der Waals surface area contributed by atoms with Crippen LogP contribution in [0.4, 0.5) is 0 Å². The van der Waals surface area contributed by atoms with E-state index in [0.717, 1.165) is 38.0 Å². The summed E-state index contributed by atoms with van der Waals surface area (Å²) in [6.45, 7) is 1.59. The van der Waals surface area contributed by atoms with Crippen LogP contribution in [0, 0.1) is 0 Å². The Balaban J connectivity index is 1.50. The van der Waals surface area contributed by atoms with Crippen molar-refractivity contribution in [3.8, 4) is 0 Å². The molecule has 3 nitrogen and oxygen atoms in total. The van der Waals surface area contributed by atoms with Crippen molar-refractivity contribution in [3.63, 3.8) is 0 Å². The van der Waals surface area contributed by atoms with Crippen molar-refractivity contribution in [2.75, 3.05) is 20.3 Å². The number of amides is 1. The zero-order chi connectivity index (χ0) is 16.5. The Morgan fingerprint density at radius 3 is 2.50 bits per heavy atom. The van der Waals surface area contributed by atoms with Gasteiger partial charge in [0.15, 0.2) is 0 Å². The van der Waals surface area contributed by atoms with Gasteiger partial charge in [-0.15, -0.1) is 0 Å². The summed E-state index contributed by atoms with van der Waals surface area (Å²) in [7, 11) is 1.93. The fourth-order valence-corrected chi connectivity index (χ4v) is 3.90. The maximum atomic E-state index is 12.9. The van der Waals surface area contributed by atoms with E-state index >= 15 is 0 Å². The zero-order valence-corrected chi connectivity index (χ0v) is 14.1. The second-order valence-electron chi connectivity index (χ2n) is 6.93. The maximum absolute atomic E-state index is 12.9. The third-order valence-electron chi connectivity index (χ3n) is 5.43. The van der Waals surface area contributed by atoms with E-state index in [-0.39, 0.29) is 11.9 Å². The predicted octanol–water partition coefficient (Wildman–Crippen LogP) is 3.43. The highest BCUT2D eigenvalue weighted by Crippen LogP contribution is 2.28. The normalized spacial score (nSPS) is 20.1. The molecule has 0 aromatic heterocycles. The van der Waals surface area contributed by atoms with Crippen LogP contribution in [0.1, 0.15) is 39.4 Å². The van der Waals surface area contributed by atoms with Gasteiger partial charge in [-0.1, -0.05) is 36.4 Å². The smallest absolute Gasteiger partial charge is 0.253 e. The molecule has 0 unspecified atom stereocenters. The lowest BCUT2D eigenvalue weighted by molar-refractivity contribution is 0.0737. The number of nitrogens with zero attached hydrogens (tertiary/aromatic N) is 1. The molecule has 3 heteroatoms. The summed E-state index contributed by atoms with van der Waals surface area (Å²) in [5, 5.41) is 0. The van der Waals surface area contributed by atoms with Gasteiger partial charge >= 0.3 is 0 Å². The molecule has 1 atom stereocenters. The Hall–Kier alpha value is -2.13. The first-order valence-electron chi connectivity index (χ1n) is 8.74. The number of carbonyl (C=O) groups excluding carboxylic acids is 1. The second kappa shape index (κ2) is 6.40. The van der Waals surface area contributed by atoms with Crippen molar-refractivity contribution in [3.05, 3.63) is 70.8 Å². The largest absolute Gasteiger partial charge is 0.381 e. The van der Waals surface area contributed by atoms with E-state index in [2.05, 4.69) is 36.4 Å². The fraction of sp³-hybridized carbons (Fsp3) is 0.381. The molecule has 24 heavy (non-hydrogen) atoms. The first-order chi connectivity index (χ1) is 11.7. The Morgan fingerprint density at radius 2 is 1.83 bits per heavy atom. The van der Waals surface area contributed by atoms with Gasteiger partial charge in [-0.3, -0.25) is 4.79 Å². The van der Waals surface area contributed by atoms with E-state index in [1.54, 1.807) is 0 Å². The van der Waals surface area contributed by atoms with E-state index in [1.165, 1.54) is 16.7 Å². The third-order valence-corrected chi connectivity index (χ3v) is 5.43. The lowest BCUT2D eigenvalue weighted by Gasteiger charge is -2.25. The van der Waals surface area contributed by atoms with Crippen molar-refractivity contribution in [2.45, 2.75) is 31.2 Å². The molecule has 2 aliphatic rings. The molecule has 2 aromatic rings. The Kier molecular flexibility index (Phi) is 4.11. The monoisotopic (exact) mass is 321 g/mol. The molecule has 4 rings (SSSR count). The average Bonchev–Trinajstić information content (AvgIpc) is 3.30. The molecule has 0 spiro atoms. The SMILES string of the molecule is CN(C(=O)c1cccc([C@H]2CCOC2)c1)C1Cc2ccccc2C1. The molecule has 1 fully saturated rings. The minimum Gasteiger partial charge on any atom is -0.381 e. The number of hydrogen-bond acceptors (Lipinski definition) is 2. The van der Waals surface area contributed by atoms with Gasteiger partial charge < -0.3 is 9.64 Å². The zero-order valence-electron chi connectivity index (χ0n) is 14.1. The van der Waals surface area contributed by atoms with Gasteiger partial charge in [-0.2, -0.15) is 0 Å². The van der Waals surface area contributed by atoms with E-state index in [1.807, 2.05) is 24.1 Å². The van der Waals surface area contributed by atoms with Gasteiger partial charge in [0.2, 0.25) is 0 Å². The van der Waals surface area contributed by atoms with Crippen LogP contribution in [-0.2, 0) is 17.6 Å². The summed E-state index contributed by atoms with van der Waals surface area (Å²) >= 11 is 0. The third kappa shape index (κ3) is 2.84. The summed E-state index contributed by atoms with van der Waals surface area (Å²) < 4.78 is 5.48. The van der Waals surface area contributed by atoms with Crippen molar-refractivity contribution < 1.29 is 9.53 Å². The van der Waals surface area contributed by atoms with Crippen molar-refractivity contribution >= 4 is 5.91 Å². The summed E-state index contributed by atoms with van der Waals surface area (Å²) in [6, 6.07) is 16.9. The van der Waals surface area contributed by atoms with Gasteiger partial charge in [-0.05, 0) is 48.1 Å². The number of carbonyl (C=O) groups is 1. The molecule has 1 aliphatic heterocycles. The van der Waals surface area contributed by atoms with Gasteiger partial charge in [0.25, 0.3) is 5.91 Å². The maximum Gasteiger partial charge on any atom is 0.253 e. The summed E-state index contributed by atoms with van der Waals surface area (Å²) in [6.07, 6.45) is 2.95. The molecular weight excluding hydrogens is 298 g/mol. The van der Waals surface area contributed by atoms with Crippen LogP contribution in [0.25, 0.3) is 0 Å². The highest BCUT2D eigenvalue weighted by molar-refractivity contribution is 5.94. The number of fused-ring (bicyclic) bond motifs is 1. The van der Waals surface area contributed by atoms with Crippen LogP contribution in [0.3, 0.4) is 0 Å². The van der Waals surface area contributed by atoms with Crippen LogP contribution in [-0.4, -0.2) is 37.1 Å². The lowest BCUT2D eigenvalue weighted by atomic mass is 9.96. The molecule has 0 saturated carbocycles. The Labute approximate surface area is 143 Å². The van der Waals surface area contributed by atoms with Crippen LogP contribution in [0.2, 0.25) is 0 Å². The summed E-state index contributed by atoms with van der Waals surface area (Å²) in [5.74, 6) is 0.548. The molecule has 1 saturated heterocycles. The number of hydrogen-bond donors (Lipinski definition) is 0. The van der Waals surface area contributed by atoms with Gasteiger partial charge in [0.05, 0.1) is 6.61 Å². The number of likely N-dealkylation sites (N-methyl/N-ethyl adjacent to an activating group) is 1. The lowest BCUT2D eigenvalue weighted by Crippen LogP contribution is -2.37. The molecule has 124 valence electrons. The topological polar surface area (TPSA) is 29.5 Å². The summed E-state index contributed by atoms with van der Waals surface area (Å²) in [4.78, 5) is 14.9. The average molecular weight is 321 g/mol. The fourth-order valence-electron chi connectivity index (χ4n) is 3.90. The van der Waals surface area contributed by atoms with Gasteiger partial charge in [0.1, 0.15) is 0 Å². The Bertz CT molecular complexity index is 724. The first-order valence-corrected chi connectivity index (χ1v) is 8.74. The number of benzene rings is 2. The second-order valence-corrected chi connectivity index (χ2v) is 6.93. The minimum atomic E-state index is 0.119. The molecule has 2 aromatic carbocycles.